The van der Waals surface area contributed by atoms with Gasteiger partial charge in [0.25, 0.3) is 0 Å². The van der Waals surface area contributed by atoms with E-state index in [1.165, 1.54) is 16.4 Å². The minimum atomic E-state index is -1.15. The van der Waals surface area contributed by atoms with Crippen molar-refractivity contribution < 1.29 is 14.7 Å². The van der Waals surface area contributed by atoms with E-state index in [1.807, 2.05) is 18.2 Å². The number of carboxylic acids is 1. The van der Waals surface area contributed by atoms with Crippen molar-refractivity contribution in [2.24, 2.45) is 5.92 Å². The molecule has 3 rings (SSSR count). The van der Waals surface area contributed by atoms with Crippen LogP contribution in [0.4, 0.5) is 5.69 Å². The fourth-order valence-corrected chi connectivity index (χ4v) is 2.82. The molecule has 1 fully saturated rings. The van der Waals surface area contributed by atoms with Gasteiger partial charge in [0.1, 0.15) is 0 Å². The maximum Gasteiger partial charge on any atom is 0.331 e. The Labute approximate surface area is 140 Å². The average Bonchev–Trinajstić information content (AvgIpc) is 3.13. The van der Waals surface area contributed by atoms with Gasteiger partial charge < -0.3 is 10.4 Å². The highest BCUT2D eigenvalue weighted by Crippen LogP contribution is 2.49. The molecule has 1 aromatic carbocycles. The van der Waals surface area contributed by atoms with E-state index in [1.54, 1.807) is 20.0 Å². The lowest BCUT2D eigenvalue weighted by Gasteiger charge is -2.19. The molecule has 1 saturated carbocycles. The highest BCUT2D eigenvalue weighted by atomic mass is 16.4. The van der Waals surface area contributed by atoms with Crippen molar-refractivity contribution in [3.8, 4) is 0 Å². The van der Waals surface area contributed by atoms with Gasteiger partial charge in [0.2, 0.25) is 5.91 Å². The van der Waals surface area contributed by atoms with Gasteiger partial charge in [0, 0.05) is 12.6 Å². The molecule has 0 radical (unpaired) electrons. The van der Waals surface area contributed by atoms with Crippen LogP contribution in [0.2, 0.25) is 0 Å². The molecule has 0 unspecified atom stereocenters. The molecule has 0 aliphatic heterocycles. The minimum absolute atomic E-state index is 0.0638. The number of hydrogen-bond donors (Lipinski definition) is 2. The molecule has 126 valence electrons. The van der Waals surface area contributed by atoms with Crippen LogP contribution in [0, 0.1) is 5.92 Å². The molecule has 6 heteroatoms. The third-order valence-electron chi connectivity index (χ3n) is 4.56. The van der Waals surface area contributed by atoms with E-state index < -0.39 is 11.5 Å². The van der Waals surface area contributed by atoms with Crippen molar-refractivity contribution in [3.63, 3.8) is 0 Å². The van der Waals surface area contributed by atoms with Crippen molar-refractivity contribution in [1.82, 2.24) is 9.78 Å². The first kappa shape index (κ1) is 16.2. The summed E-state index contributed by atoms with van der Waals surface area (Å²) in [5.41, 5.74) is 0.648. The molecule has 1 aliphatic rings. The Morgan fingerprint density at radius 3 is 2.71 bits per heavy atom. The lowest BCUT2D eigenvalue weighted by atomic mass is 10.1. The second-order valence-electron chi connectivity index (χ2n) is 6.80. The van der Waals surface area contributed by atoms with Crippen LogP contribution in [-0.4, -0.2) is 26.8 Å². The van der Waals surface area contributed by atoms with Crippen molar-refractivity contribution in [2.45, 2.75) is 38.1 Å². The second kappa shape index (κ2) is 6.11. The van der Waals surface area contributed by atoms with E-state index in [-0.39, 0.29) is 5.91 Å². The third kappa shape index (κ3) is 3.32. The number of aromatic nitrogens is 2. The molecular weight excluding hydrogens is 306 g/mol. The number of rotatable bonds is 6. The molecule has 2 aromatic rings. The van der Waals surface area contributed by atoms with Crippen LogP contribution in [0.5, 0.6) is 0 Å². The first-order chi connectivity index (χ1) is 11.4. The van der Waals surface area contributed by atoms with Crippen molar-refractivity contribution >= 4 is 17.6 Å². The molecule has 0 bridgehead atoms. The molecule has 24 heavy (non-hydrogen) atoms. The number of hydrogen-bond acceptors (Lipinski definition) is 3. The summed E-state index contributed by atoms with van der Waals surface area (Å²) in [6.07, 6.45) is 4.52. The lowest BCUT2D eigenvalue weighted by Crippen LogP contribution is -2.35. The van der Waals surface area contributed by atoms with Gasteiger partial charge in [-0.25, -0.2) is 4.79 Å². The zero-order chi connectivity index (χ0) is 17.3. The number of carbonyl (C=O) groups excluding carboxylic acids is 1. The normalized spacial score (nSPS) is 19.8. The standard InChI is InChI=1S/C18H21N3O3/c1-18(2,17(23)24)21-11-14(10-19-21)20-16(22)9-13-8-15(13)12-6-4-3-5-7-12/h3-7,10-11,13,15H,8-9H2,1-2H3,(H,20,22)(H,23,24)/t13-,15-/m0/s1. The van der Waals surface area contributed by atoms with Crippen LogP contribution in [-0.2, 0) is 15.1 Å². The van der Waals surface area contributed by atoms with Crippen molar-refractivity contribution in [2.75, 3.05) is 5.32 Å². The Morgan fingerprint density at radius 2 is 2.04 bits per heavy atom. The van der Waals surface area contributed by atoms with Crippen molar-refractivity contribution in [1.29, 1.82) is 0 Å². The molecular formula is C18H21N3O3. The average molecular weight is 327 g/mol. The van der Waals surface area contributed by atoms with Crippen LogP contribution in [0.15, 0.2) is 42.7 Å². The SMILES string of the molecule is CC(C)(C(=O)O)n1cc(NC(=O)C[C@@H]2C[C@H]2c2ccccc2)cn1. The first-order valence-electron chi connectivity index (χ1n) is 8.01. The monoisotopic (exact) mass is 327 g/mol. The topological polar surface area (TPSA) is 84.2 Å². The zero-order valence-electron chi connectivity index (χ0n) is 13.8. The molecule has 0 saturated heterocycles. The van der Waals surface area contributed by atoms with E-state index in [0.717, 1.165) is 6.42 Å². The number of carbonyl (C=O) groups is 2. The molecule has 6 nitrogen and oxygen atoms in total. The Bertz CT molecular complexity index is 752. The smallest absolute Gasteiger partial charge is 0.331 e. The van der Waals surface area contributed by atoms with E-state index >= 15 is 0 Å². The summed E-state index contributed by atoms with van der Waals surface area (Å²) in [6.45, 7) is 3.12. The molecule has 1 heterocycles. The summed E-state index contributed by atoms with van der Waals surface area (Å²) in [4.78, 5) is 23.4. The van der Waals surface area contributed by atoms with E-state index in [9.17, 15) is 14.7 Å². The van der Waals surface area contributed by atoms with Crippen LogP contribution in [0.3, 0.4) is 0 Å². The van der Waals surface area contributed by atoms with E-state index in [4.69, 9.17) is 0 Å². The molecule has 1 aliphatic carbocycles. The Kier molecular flexibility index (Phi) is 4.13. The highest BCUT2D eigenvalue weighted by Gasteiger charge is 2.39. The van der Waals surface area contributed by atoms with Gasteiger partial charge in [0.05, 0.1) is 11.9 Å². The van der Waals surface area contributed by atoms with Gasteiger partial charge in [-0.2, -0.15) is 5.10 Å². The number of aliphatic carboxylic acids is 1. The second-order valence-corrected chi connectivity index (χ2v) is 6.80. The zero-order valence-corrected chi connectivity index (χ0v) is 13.8. The van der Waals surface area contributed by atoms with Crippen LogP contribution < -0.4 is 5.32 Å². The Morgan fingerprint density at radius 1 is 1.33 bits per heavy atom. The molecule has 1 aromatic heterocycles. The first-order valence-corrected chi connectivity index (χ1v) is 8.01. The maximum absolute atomic E-state index is 12.2. The summed E-state index contributed by atoms with van der Waals surface area (Å²) in [5.74, 6) is -0.207. The van der Waals surface area contributed by atoms with Gasteiger partial charge in [-0.3, -0.25) is 9.48 Å². The van der Waals surface area contributed by atoms with Gasteiger partial charge in [0.15, 0.2) is 5.54 Å². The lowest BCUT2D eigenvalue weighted by molar-refractivity contribution is -0.146. The highest BCUT2D eigenvalue weighted by molar-refractivity contribution is 5.91. The summed E-state index contributed by atoms with van der Waals surface area (Å²) in [6, 6.07) is 10.2. The number of nitrogens with one attached hydrogen (secondary N) is 1. The molecule has 2 N–H and O–H groups in total. The number of nitrogens with zero attached hydrogens (tertiary/aromatic N) is 2. The predicted octanol–water partition coefficient (Wildman–Crippen LogP) is 2.84. The summed E-state index contributed by atoms with van der Waals surface area (Å²) < 4.78 is 1.34. The van der Waals surface area contributed by atoms with Crippen molar-refractivity contribution in [3.05, 3.63) is 48.3 Å². The van der Waals surface area contributed by atoms with Gasteiger partial charge in [-0.05, 0) is 37.7 Å². The van der Waals surface area contributed by atoms with E-state index in [0.29, 0.717) is 23.9 Å². The summed E-state index contributed by atoms with van der Waals surface area (Å²) >= 11 is 0. The predicted molar refractivity (Wildman–Crippen MR) is 89.7 cm³/mol. The van der Waals surface area contributed by atoms with Gasteiger partial charge in [-0.15, -0.1) is 0 Å². The van der Waals surface area contributed by atoms with Crippen LogP contribution in [0.25, 0.3) is 0 Å². The Balaban J connectivity index is 1.55. The quantitative estimate of drug-likeness (QED) is 0.854. The fourth-order valence-electron chi connectivity index (χ4n) is 2.82. The molecule has 1 amide bonds. The summed E-state index contributed by atoms with van der Waals surface area (Å²) in [5, 5.41) is 16.0. The molecule has 0 spiro atoms. The number of benzene rings is 1. The van der Waals surface area contributed by atoms with Gasteiger partial charge >= 0.3 is 5.97 Å². The largest absolute Gasteiger partial charge is 0.479 e. The van der Waals surface area contributed by atoms with Gasteiger partial charge in [-0.1, -0.05) is 30.3 Å². The fraction of sp³-hybridized carbons (Fsp3) is 0.389. The minimum Gasteiger partial charge on any atom is -0.479 e. The van der Waals surface area contributed by atoms with Crippen LogP contribution >= 0.6 is 0 Å². The number of amides is 1. The van der Waals surface area contributed by atoms with Crippen LogP contribution in [0.1, 0.15) is 38.2 Å². The third-order valence-corrected chi connectivity index (χ3v) is 4.56. The number of carboxylic acid groups (broad SMARTS) is 1. The maximum atomic E-state index is 12.2. The van der Waals surface area contributed by atoms with E-state index in [2.05, 4.69) is 22.5 Å². The number of anilines is 1. The summed E-state index contributed by atoms with van der Waals surface area (Å²) in [7, 11) is 0. The molecule has 2 atom stereocenters. The Hall–Kier alpha value is -2.63.